The van der Waals surface area contributed by atoms with Crippen LogP contribution in [0.5, 0.6) is 12.0 Å². The Hall–Kier alpha value is -1.63. The highest BCUT2D eigenvalue weighted by Gasteiger charge is 2.46. The van der Waals surface area contributed by atoms with Gasteiger partial charge in [-0.1, -0.05) is 0 Å². The topological polar surface area (TPSA) is 86.4 Å². The Kier molecular flexibility index (Phi) is 3.97. The molecule has 2 rings (SSSR count). The summed E-state index contributed by atoms with van der Waals surface area (Å²) in [6.07, 6.45) is 1.74. The minimum atomic E-state index is -0.168. The number of rotatable bonds is 3. The Morgan fingerprint density at radius 1 is 0.952 bits per heavy atom. The van der Waals surface area contributed by atoms with Gasteiger partial charge in [-0.05, 0) is 40.5 Å². The van der Waals surface area contributed by atoms with Crippen LogP contribution in [0.15, 0.2) is 0 Å². The van der Waals surface area contributed by atoms with Crippen molar-refractivity contribution in [3.63, 3.8) is 0 Å². The molecule has 2 N–H and O–H groups in total. The van der Waals surface area contributed by atoms with Gasteiger partial charge in [-0.3, -0.25) is 0 Å². The molecule has 1 aliphatic heterocycles. The average molecular weight is 295 g/mol. The van der Waals surface area contributed by atoms with E-state index in [9.17, 15) is 0 Å². The molecule has 1 aromatic heterocycles. The van der Waals surface area contributed by atoms with E-state index in [1.165, 1.54) is 14.2 Å². The minimum absolute atomic E-state index is 0.164. The second-order valence-electron chi connectivity index (χ2n) is 6.74. The van der Waals surface area contributed by atoms with Gasteiger partial charge >= 0.3 is 12.0 Å². The molecule has 0 radical (unpaired) electrons. The fraction of sp³-hybridized carbons (Fsp3) is 0.786. The zero-order chi connectivity index (χ0) is 15.8. The second-order valence-corrected chi connectivity index (χ2v) is 6.74. The maximum Gasteiger partial charge on any atom is 0.324 e. The molecule has 0 atom stereocenters. The van der Waals surface area contributed by atoms with Gasteiger partial charge in [-0.2, -0.15) is 9.97 Å². The van der Waals surface area contributed by atoms with Crippen molar-refractivity contribution in [3.05, 3.63) is 0 Å². The Balaban J connectivity index is 2.51. The van der Waals surface area contributed by atoms with E-state index in [0.29, 0.717) is 5.95 Å². The number of methoxy groups -OCH3 is 2. The van der Waals surface area contributed by atoms with Crippen LogP contribution in [-0.4, -0.2) is 46.3 Å². The Morgan fingerprint density at radius 3 is 1.76 bits per heavy atom. The number of ether oxygens (including phenoxy) is 2. The van der Waals surface area contributed by atoms with Crippen LogP contribution in [0.25, 0.3) is 0 Å². The summed E-state index contributed by atoms with van der Waals surface area (Å²) < 4.78 is 10.3. The van der Waals surface area contributed by atoms with Gasteiger partial charge in [0, 0.05) is 17.1 Å². The van der Waals surface area contributed by atoms with Gasteiger partial charge in [0.05, 0.1) is 14.2 Å². The van der Waals surface area contributed by atoms with Crippen molar-refractivity contribution in [3.8, 4) is 12.0 Å². The molecule has 0 spiro atoms. The van der Waals surface area contributed by atoms with E-state index in [1.807, 2.05) is 0 Å². The van der Waals surface area contributed by atoms with Crippen LogP contribution >= 0.6 is 0 Å². The molecule has 1 fully saturated rings. The van der Waals surface area contributed by atoms with Gasteiger partial charge < -0.3 is 20.1 Å². The molecule has 21 heavy (non-hydrogen) atoms. The maximum atomic E-state index is 6.21. The smallest absolute Gasteiger partial charge is 0.324 e. The van der Waals surface area contributed by atoms with Crippen LogP contribution < -0.4 is 20.1 Å². The summed E-state index contributed by atoms with van der Waals surface area (Å²) >= 11 is 0. The van der Waals surface area contributed by atoms with Crippen LogP contribution in [0.3, 0.4) is 0 Å². The first-order valence-electron chi connectivity index (χ1n) is 7.09. The van der Waals surface area contributed by atoms with Crippen LogP contribution in [-0.2, 0) is 0 Å². The lowest BCUT2D eigenvalue weighted by Crippen LogP contribution is -2.64. The van der Waals surface area contributed by atoms with Crippen molar-refractivity contribution >= 4 is 5.95 Å². The van der Waals surface area contributed by atoms with Crippen molar-refractivity contribution in [2.75, 3.05) is 19.1 Å². The monoisotopic (exact) mass is 295 g/mol. The third-order valence-corrected chi connectivity index (χ3v) is 3.88. The number of nitrogens with zero attached hydrogens (tertiary/aromatic N) is 4. The molecular formula is C14H25N5O2. The lowest BCUT2D eigenvalue weighted by atomic mass is 9.77. The molecule has 0 unspecified atom stereocenters. The van der Waals surface area contributed by atoms with Crippen LogP contribution in [0, 0.1) is 0 Å². The third kappa shape index (κ3) is 3.02. The third-order valence-electron chi connectivity index (χ3n) is 3.88. The number of piperidine rings is 1. The van der Waals surface area contributed by atoms with Crippen molar-refractivity contribution in [2.24, 2.45) is 5.73 Å². The lowest BCUT2D eigenvalue weighted by molar-refractivity contribution is 0.213. The van der Waals surface area contributed by atoms with E-state index in [0.717, 1.165) is 12.8 Å². The molecule has 0 aromatic carbocycles. The predicted octanol–water partition coefficient (Wildman–Crippen LogP) is 1.37. The summed E-state index contributed by atoms with van der Waals surface area (Å²) in [5.41, 5.74) is 5.87. The van der Waals surface area contributed by atoms with Crippen molar-refractivity contribution in [1.82, 2.24) is 15.0 Å². The Morgan fingerprint density at radius 2 is 1.38 bits per heavy atom. The van der Waals surface area contributed by atoms with Crippen molar-refractivity contribution in [2.45, 2.75) is 57.7 Å². The van der Waals surface area contributed by atoms with E-state index < -0.39 is 0 Å². The fourth-order valence-corrected chi connectivity index (χ4v) is 3.51. The van der Waals surface area contributed by atoms with E-state index in [4.69, 9.17) is 15.2 Å². The summed E-state index contributed by atoms with van der Waals surface area (Å²) in [6, 6.07) is 0.661. The van der Waals surface area contributed by atoms with Gasteiger partial charge in [0.2, 0.25) is 5.95 Å². The molecule has 0 saturated carbocycles. The molecule has 0 amide bonds. The first-order valence-corrected chi connectivity index (χ1v) is 7.09. The maximum absolute atomic E-state index is 6.21. The minimum Gasteiger partial charge on any atom is -0.467 e. The van der Waals surface area contributed by atoms with Gasteiger partial charge in [0.15, 0.2) is 0 Å². The lowest BCUT2D eigenvalue weighted by Gasteiger charge is -2.54. The summed E-state index contributed by atoms with van der Waals surface area (Å²) in [5.74, 6) is 0.556. The summed E-state index contributed by atoms with van der Waals surface area (Å²) in [7, 11) is 3.06. The molecule has 2 heterocycles. The van der Waals surface area contributed by atoms with E-state index in [1.54, 1.807) is 0 Å². The van der Waals surface area contributed by atoms with Crippen LogP contribution in [0.4, 0.5) is 5.95 Å². The molecule has 0 aliphatic carbocycles. The van der Waals surface area contributed by atoms with E-state index in [-0.39, 0.29) is 29.1 Å². The highest BCUT2D eigenvalue weighted by Crippen LogP contribution is 2.40. The fourth-order valence-electron chi connectivity index (χ4n) is 3.51. The van der Waals surface area contributed by atoms with Gasteiger partial charge in [0.25, 0.3) is 0 Å². The molecule has 1 aliphatic rings. The predicted molar refractivity (Wildman–Crippen MR) is 80.8 cm³/mol. The Labute approximate surface area is 125 Å². The molecular weight excluding hydrogens is 270 g/mol. The number of aromatic nitrogens is 3. The number of hydrogen-bond acceptors (Lipinski definition) is 7. The average Bonchev–Trinajstić information content (AvgIpc) is 2.34. The highest BCUT2D eigenvalue weighted by atomic mass is 16.5. The number of nitrogens with two attached hydrogens (primary N) is 1. The number of anilines is 1. The normalized spacial score (nSPS) is 21.2. The molecule has 1 aromatic rings. The van der Waals surface area contributed by atoms with Crippen molar-refractivity contribution in [1.29, 1.82) is 0 Å². The van der Waals surface area contributed by atoms with Crippen LogP contribution in [0.1, 0.15) is 40.5 Å². The molecule has 1 saturated heterocycles. The zero-order valence-corrected chi connectivity index (χ0v) is 13.7. The van der Waals surface area contributed by atoms with Gasteiger partial charge in [-0.25, -0.2) is 0 Å². The van der Waals surface area contributed by atoms with Gasteiger partial charge in [0.1, 0.15) is 0 Å². The molecule has 0 bridgehead atoms. The standard InChI is InChI=1S/C14H25N5O2/c1-13(2)7-9(15)8-14(3,4)19(13)10-16-11(20-5)18-12(17-10)21-6/h9H,7-8,15H2,1-6H3. The quantitative estimate of drug-likeness (QED) is 0.901. The molecule has 7 heteroatoms. The van der Waals surface area contributed by atoms with Crippen molar-refractivity contribution < 1.29 is 9.47 Å². The van der Waals surface area contributed by atoms with Gasteiger partial charge in [-0.15, -0.1) is 4.98 Å². The van der Waals surface area contributed by atoms with Crippen LogP contribution in [0.2, 0.25) is 0 Å². The summed E-state index contributed by atoms with van der Waals surface area (Å²) in [6.45, 7) is 8.60. The van der Waals surface area contributed by atoms with E-state index in [2.05, 4.69) is 47.5 Å². The largest absolute Gasteiger partial charge is 0.467 e. The van der Waals surface area contributed by atoms with E-state index >= 15 is 0 Å². The zero-order valence-electron chi connectivity index (χ0n) is 13.7. The SMILES string of the molecule is COc1nc(OC)nc(N2C(C)(C)CC(N)CC2(C)C)n1. The second kappa shape index (κ2) is 5.29. The number of hydrogen-bond donors (Lipinski definition) is 1. The first-order chi connectivity index (χ1) is 9.69. The summed E-state index contributed by atoms with van der Waals surface area (Å²) in [4.78, 5) is 15.0. The Bertz CT molecular complexity index is 478. The highest BCUT2D eigenvalue weighted by molar-refractivity contribution is 5.42. The molecule has 7 nitrogen and oxygen atoms in total. The first kappa shape index (κ1) is 15.8. The summed E-state index contributed by atoms with van der Waals surface area (Å²) in [5, 5.41) is 0. The molecule has 118 valence electrons.